The molecule has 0 radical (unpaired) electrons. The van der Waals surface area contributed by atoms with Crippen molar-refractivity contribution >= 4 is 5.69 Å². The Bertz CT molecular complexity index is 1260. The molecule has 1 atom stereocenters. The van der Waals surface area contributed by atoms with Crippen LogP contribution in [0.15, 0.2) is 103 Å². The van der Waals surface area contributed by atoms with Crippen LogP contribution in [0, 0.1) is 0 Å². The van der Waals surface area contributed by atoms with Gasteiger partial charge in [-0.2, -0.15) is 13.2 Å². The molecular weight excluding hydrogens is 461 g/mol. The normalized spacial score (nSPS) is 15.7. The minimum absolute atomic E-state index is 0.0485. The fourth-order valence-corrected chi connectivity index (χ4v) is 3.87. The Morgan fingerprint density at radius 1 is 1.03 bits per heavy atom. The van der Waals surface area contributed by atoms with E-state index in [0.717, 1.165) is 23.9 Å². The van der Waals surface area contributed by atoms with Gasteiger partial charge in [-0.25, -0.2) is 4.98 Å². The summed E-state index contributed by atoms with van der Waals surface area (Å²) in [6, 6.07) is 18.9. The number of hydrogen-bond acceptors (Lipinski definition) is 4. The fourth-order valence-electron chi connectivity index (χ4n) is 3.87. The van der Waals surface area contributed by atoms with E-state index in [-0.39, 0.29) is 11.3 Å². The van der Waals surface area contributed by atoms with Gasteiger partial charge in [0, 0.05) is 48.2 Å². The molecule has 1 fully saturated rings. The summed E-state index contributed by atoms with van der Waals surface area (Å²) in [7, 11) is 0. The molecule has 2 aromatic carbocycles. The summed E-state index contributed by atoms with van der Waals surface area (Å²) in [6.45, 7) is 8.19. The molecule has 0 amide bonds. The molecule has 3 aromatic rings. The minimum Gasteiger partial charge on any atom is -0.384 e. The Labute approximate surface area is 209 Å². The van der Waals surface area contributed by atoms with Gasteiger partial charge in [-0.3, -0.25) is 0 Å². The predicted molar refractivity (Wildman–Crippen MR) is 140 cm³/mol. The van der Waals surface area contributed by atoms with Crippen LogP contribution < -0.4 is 16.0 Å². The predicted octanol–water partition coefficient (Wildman–Crippen LogP) is 6.42. The SMILES string of the molecule is C=C(/C=C\C(=C/C)C1CN1)NCCNc1cc(-c2ccccc2)nc(-c2ccccc2C(F)(F)F)c1. The van der Waals surface area contributed by atoms with Crippen molar-refractivity contribution < 1.29 is 13.2 Å². The smallest absolute Gasteiger partial charge is 0.384 e. The summed E-state index contributed by atoms with van der Waals surface area (Å²) in [6.07, 6.45) is 1.60. The lowest BCUT2D eigenvalue weighted by atomic mass is 10.0. The number of anilines is 1. The van der Waals surface area contributed by atoms with Gasteiger partial charge in [0.2, 0.25) is 0 Å². The number of nitrogens with zero attached hydrogens (tertiary/aromatic N) is 1. The summed E-state index contributed by atoms with van der Waals surface area (Å²) >= 11 is 0. The minimum atomic E-state index is -4.48. The third-order valence-corrected chi connectivity index (χ3v) is 5.83. The number of alkyl halides is 3. The first-order chi connectivity index (χ1) is 17.3. The summed E-state index contributed by atoms with van der Waals surface area (Å²) in [4.78, 5) is 4.58. The highest BCUT2D eigenvalue weighted by Gasteiger charge is 2.33. The van der Waals surface area contributed by atoms with E-state index in [1.807, 2.05) is 55.5 Å². The van der Waals surface area contributed by atoms with Crippen LogP contribution in [0.4, 0.5) is 18.9 Å². The van der Waals surface area contributed by atoms with Gasteiger partial charge in [0.1, 0.15) is 0 Å². The number of nitrogens with one attached hydrogen (secondary N) is 3. The largest absolute Gasteiger partial charge is 0.417 e. The molecule has 1 aliphatic heterocycles. The third-order valence-electron chi connectivity index (χ3n) is 5.83. The van der Waals surface area contributed by atoms with Gasteiger partial charge in [-0.1, -0.05) is 67.3 Å². The molecule has 1 aliphatic rings. The topological polar surface area (TPSA) is 58.9 Å². The molecule has 2 heterocycles. The van der Waals surface area contributed by atoms with Crippen LogP contribution in [0.2, 0.25) is 0 Å². The number of rotatable bonds is 10. The molecule has 0 saturated carbocycles. The second-order valence-corrected chi connectivity index (χ2v) is 8.50. The molecule has 4 rings (SSSR count). The van der Waals surface area contributed by atoms with Crippen LogP contribution in [0.3, 0.4) is 0 Å². The zero-order valence-corrected chi connectivity index (χ0v) is 20.1. The van der Waals surface area contributed by atoms with E-state index >= 15 is 0 Å². The molecule has 186 valence electrons. The maximum atomic E-state index is 13.7. The van der Waals surface area contributed by atoms with Crippen LogP contribution in [0.1, 0.15) is 12.5 Å². The van der Waals surface area contributed by atoms with E-state index in [1.165, 1.54) is 17.7 Å². The zero-order chi connectivity index (χ0) is 25.5. The van der Waals surface area contributed by atoms with Crippen LogP contribution in [0.25, 0.3) is 22.5 Å². The van der Waals surface area contributed by atoms with Gasteiger partial charge in [-0.15, -0.1) is 0 Å². The first-order valence-corrected chi connectivity index (χ1v) is 11.8. The molecule has 1 aromatic heterocycles. The Morgan fingerprint density at radius 2 is 1.72 bits per heavy atom. The van der Waals surface area contributed by atoms with E-state index < -0.39 is 11.7 Å². The molecule has 1 unspecified atom stereocenters. The zero-order valence-electron chi connectivity index (χ0n) is 20.1. The first-order valence-electron chi connectivity index (χ1n) is 11.8. The summed E-state index contributed by atoms with van der Waals surface area (Å²) in [5.41, 5.74) is 3.74. The van der Waals surface area contributed by atoms with Crippen LogP contribution in [0.5, 0.6) is 0 Å². The quantitative estimate of drug-likeness (QED) is 0.174. The Balaban J connectivity index is 1.50. The molecule has 7 heteroatoms. The number of pyridine rings is 1. The van der Waals surface area contributed by atoms with E-state index in [9.17, 15) is 13.2 Å². The Morgan fingerprint density at radius 3 is 2.42 bits per heavy atom. The maximum absolute atomic E-state index is 13.7. The lowest BCUT2D eigenvalue weighted by Gasteiger charge is -2.15. The van der Waals surface area contributed by atoms with E-state index in [4.69, 9.17) is 0 Å². The number of aromatic nitrogens is 1. The van der Waals surface area contributed by atoms with Gasteiger partial charge < -0.3 is 16.0 Å². The summed E-state index contributed by atoms with van der Waals surface area (Å²) < 4.78 is 41.1. The van der Waals surface area contributed by atoms with Crippen molar-refractivity contribution in [1.82, 2.24) is 15.6 Å². The van der Waals surface area contributed by atoms with Gasteiger partial charge in [0.05, 0.1) is 17.0 Å². The molecule has 3 N–H and O–H groups in total. The highest BCUT2D eigenvalue weighted by atomic mass is 19.4. The van der Waals surface area contributed by atoms with Crippen molar-refractivity contribution in [2.45, 2.75) is 19.1 Å². The molecular formula is C29H29F3N4. The Hall–Kier alpha value is -3.84. The monoisotopic (exact) mass is 490 g/mol. The van der Waals surface area contributed by atoms with E-state index in [2.05, 4.69) is 33.6 Å². The first kappa shape index (κ1) is 25.3. The van der Waals surface area contributed by atoms with Gasteiger partial charge in [0.15, 0.2) is 0 Å². The van der Waals surface area contributed by atoms with Gasteiger partial charge >= 0.3 is 6.18 Å². The molecule has 0 spiro atoms. The van der Waals surface area contributed by atoms with Crippen LogP contribution in [-0.4, -0.2) is 30.7 Å². The van der Waals surface area contributed by atoms with Crippen molar-refractivity contribution in [2.75, 3.05) is 25.0 Å². The average molecular weight is 491 g/mol. The third kappa shape index (κ3) is 6.64. The van der Waals surface area contributed by atoms with Gasteiger partial charge in [-0.05, 0) is 36.8 Å². The number of benzene rings is 2. The van der Waals surface area contributed by atoms with E-state index in [0.29, 0.717) is 30.5 Å². The average Bonchev–Trinajstić information content (AvgIpc) is 3.72. The number of halogens is 3. The second-order valence-electron chi connectivity index (χ2n) is 8.50. The standard InChI is InChI=1S/C29H29F3N4/c1-3-21(28-19-35-28)14-13-20(2)33-15-16-34-23-17-26(22-9-5-4-6-10-22)36-27(18-23)24-11-7-8-12-25(24)29(30,31)32/h3-14,17-18,28,33,35H,2,15-16,19H2,1H3,(H,34,36)/b14-13-,21-3+. The molecule has 0 bridgehead atoms. The van der Waals surface area contributed by atoms with Crippen LogP contribution in [-0.2, 0) is 6.18 Å². The highest BCUT2D eigenvalue weighted by molar-refractivity contribution is 5.74. The summed E-state index contributed by atoms with van der Waals surface area (Å²) in [5, 5.41) is 9.85. The molecule has 36 heavy (non-hydrogen) atoms. The van der Waals surface area contributed by atoms with Crippen molar-refractivity contribution in [3.05, 3.63) is 108 Å². The maximum Gasteiger partial charge on any atom is 0.417 e. The van der Waals surface area contributed by atoms with Crippen molar-refractivity contribution in [3.63, 3.8) is 0 Å². The van der Waals surface area contributed by atoms with Crippen molar-refractivity contribution in [3.8, 4) is 22.5 Å². The van der Waals surface area contributed by atoms with Gasteiger partial charge in [0.25, 0.3) is 0 Å². The number of allylic oxidation sites excluding steroid dienone is 2. The van der Waals surface area contributed by atoms with Crippen molar-refractivity contribution in [2.24, 2.45) is 0 Å². The second kappa shape index (κ2) is 11.3. The van der Waals surface area contributed by atoms with E-state index in [1.54, 1.807) is 12.1 Å². The lowest BCUT2D eigenvalue weighted by molar-refractivity contribution is -0.137. The number of hydrogen-bond donors (Lipinski definition) is 3. The highest BCUT2D eigenvalue weighted by Crippen LogP contribution is 2.37. The molecule has 4 nitrogen and oxygen atoms in total. The summed E-state index contributed by atoms with van der Waals surface area (Å²) in [5.74, 6) is 0. The molecule has 1 saturated heterocycles. The molecule has 0 aliphatic carbocycles. The Kier molecular flexibility index (Phi) is 7.90. The van der Waals surface area contributed by atoms with Crippen molar-refractivity contribution in [1.29, 1.82) is 0 Å². The van der Waals surface area contributed by atoms with Crippen LogP contribution >= 0.6 is 0 Å². The lowest BCUT2D eigenvalue weighted by Crippen LogP contribution is -2.20. The fraction of sp³-hybridized carbons (Fsp3) is 0.207.